The van der Waals surface area contributed by atoms with E-state index in [0.29, 0.717) is 24.6 Å². The van der Waals surface area contributed by atoms with Gasteiger partial charge in [0.05, 0.1) is 12.3 Å². The van der Waals surface area contributed by atoms with Gasteiger partial charge in [-0.25, -0.2) is 9.36 Å². The lowest BCUT2D eigenvalue weighted by Crippen LogP contribution is -2.31. The molecule has 1 saturated heterocycles. The molecule has 1 fully saturated rings. The molecular formula is C21H28N4O4. The fraction of sp³-hybridized carbons (Fsp3) is 0.476. The molecule has 29 heavy (non-hydrogen) atoms. The molecule has 8 nitrogen and oxygen atoms in total. The highest BCUT2D eigenvalue weighted by molar-refractivity contribution is 5.82. The molecule has 8 heteroatoms. The summed E-state index contributed by atoms with van der Waals surface area (Å²) < 4.78 is 6.57. The first kappa shape index (κ1) is 20.9. The molecule has 156 valence electrons. The highest BCUT2D eigenvalue weighted by Crippen LogP contribution is 2.25. The van der Waals surface area contributed by atoms with Gasteiger partial charge in [-0.1, -0.05) is 18.6 Å². The summed E-state index contributed by atoms with van der Waals surface area (Å²) in [5.41, 5.74) is -1.10. The maximum atomic E-state index is 12.4. The molecule has 0 spiro atoms. The van der Waals surface area contributed by atoms with Gasteiger partial charge in [-0.3, -0.25) is 14.8 Å². The number of hydrogen-bond donors (Lipinski definition) is 2. The van der Waals surface area contributed by atoms with Crippen molar-refractivity contribution in [2.75, 3.05) is 32.8 Å². The number of para-hydroxylation sites is 2. The topological polar surface area (TPSA) is 99.9 Å². The van der Waals surface area contributed by atoms with E-state index in [-0.39, 0.29) is 5.56 Å². The summed E-state index contributed by atoms with van der Waals surface area (Å²) in [7, 11) is 0. The Hall–Kier alpha value is -2.87. The second kappa shape index (κ2) is 10.1. The van der Waals surface area contributed by atoms with Crippen molar-refractivity contribution >= 4 is 6.21 Å². The van der Waals surface area contributed by atoms with Crippen molar-refractivity contribution in [3.63, 3.8) is 0 Å². The number of ether oxygens (including phenoxy) is 1. The zero-order chi connectivity index (χ0) is 20.6. The van der Waals surface area contributed by atoms with Gasteiger partial charge in [0.15, 0.2) is 0 Å². The van der Waals surface area contributed by atoms with Crippen LogP contribution in [0.2, 0.25) is 0 Å². The predicted molar refractivity (Wildman–Crippen MR) is 113 cm³/mol. The van der Waals surface area contributed by atoms with E-state index in [9.17, 15) is 14.7 Å². The number of piperidine rings is 1. The fourth-order valence-corrected chi connectivity index (χ4v) is 3.52. The molecule has 0 bridgehead atoms. The van der Waals surface area contributed by atoms with Crippen molar-refractivity contribution in [2.24, 2.45) is 4.99 Å². The molecular weight excluding hydrogens is 372 g/mol. The van der Waals surface area contributed by atoms with Gasteiger partial charge < -0.3 is 14.7 Å². The van der Waals surface area contributed by atoms with Gasteiger partial charge in [0.25, 0.3) is 5.56 Å². The van der Waals surface area contributed by atoms with Crippen LogP contribution in [0.1, 0.15) is 38.2 Å². The Bertz CT molecular complexity index is 958. The maximum Gasteiger partial charge on any atom is 0.335 e. The molecule has 0 radical (unpaired) electrons. The number of aromatic hydroxyl groups is 1. The average molecular weight is 400 g/mol. The van der Waals surface area contributed by atoms with Gasteiger partial charge in [0, 0.05) is 12.8 Å². The minimum absolute atomic E-state index is 0.0473. The van der Waals surface area contributed by atoms with E-state index < -0.39 is 17.1 Å². The van der Waals surface area contributed by atoms with Crippen LogP contribution >= 0.6 is 0 Å². The first-order valence-corrected chi connectivity index (χ1v) is 10.1. The van der Waals surface area contributed by atoms with Crippen LogP contribution in [0.5, 0.6) is 11.6 Å². The van der Waals surface area contributed by atoms with Crippen LogP contribution in [-0.2, 0) is 0 Å². The molecule has 0 unspecified atom stereocenters. The monoisotopic (exact) mass is 400 g/mol. The molecule has 0 atom stereocenters. The number of aromatic nitrogens is 2. The molecule has 2 N–H and O–H groups in total. The summed E-state index contributed by atoms with van der Waals surface area (Å²) in [6.07, 6.45) is 6.01. The predicted octanol–water partition coefficient (Wildman–Crippen LogP) is 1.92. The summed E-state index contributed by atoms with van der Waals surface area (Å²) in [6.45, 7) is 6.02. The third kappa shape index (κ3) is 5.14. The largest absolute Gasteiger partial charge is 0.493 e. The van der Waals surface area contributed by atoms with Crippen molar-refractivity contribution in [1.82, 2.24) is 14.5 Å². The second-order valence-corrected chi connectivity index (χ2v) is 7.02. The van der Waals surface area contributed by atoms with Gasteiger partial charge in [0.1, 0.15) is 11.3 Å². The van der Waals surface area contributed by atoms with Crippen molar-refractivity contribution in [3.05, 3.63) is 50.7 Å². The van der Waals surface area contributed by atoms with Crippen LogP contribution < -0.4 is 16.0 Å². The molecule has 1 aromatic carbocycles. The summed E-state index contributed by atoms with van der Waals surface area (Å²) in [5.74, 6) is -0.0189. The summed E-state index contributed by atoms with van der Waals surface area (Å²) in [6, 6.07) is 6.84. The van der Waals surface area contributed by atoms with Crippen LogP contribution in [0.3, 0.4) is 0 Å². The Morgan fingerprint density at radius 3 is 2.72 bits per heavy atom. The van der Waals surface area contributed by atoms with Crippen LogP contribution in [0.15, 0.2) is 38.8 Å². The zero-order valence-corrected chi connectivity index (χ0v) is 16.8. The lowest BCUT2D eigenvalue weighted by atomic mass is 10.1. The number of likely N-dealkylation sites (tertiary alicyclic amines) is 1. The van der Waals surface area contributed by atoms with Crippen LogP contribution in [0.25, 0.3) is 5.69 Å². The quantitative estimate of drug-likeness (QED) is 0.521. The lowest BCUT2D eigenvalue weighted by molar-refractivity contribution is 0.228. The summed E-state index contributed by atoms with van der Waals surface area (Å²) in [5, 5.41) is 10.6. The van der Waals surface area contributed by atoms with Gasteiger partial charge >= 0.3 is 5.69 Å². The van der Waals surface area contributed by atoms with Gasteiger partial charge in [-0.15, -0.1) is 0 Å². The fourth-order valence-electron chi connectivity index (χ4n) is 3.52. The Morgan fingerprint density at radius 1 is 1.21 bits per heavy atom. The SMILES string of the molecule is CCOc1ccccc1-n1c(O)c(C=NCCCN2CCCCC2)c(=O)[nH]c1=O. The number of H-pyrrole nitrogens is 1. The van der Waals surface area contributed by atoms with Gasteiger partial charge in [-0.05, 0) is 58.0 Å². The van der Waals surface area contributed by atoms with Crippen molar-refractivity contribution in [1.29, 1.82) is 0 Å². The Balaban J connectivity index is 1.79. The number of aliphatic imine (C=N–C) groups is 1. The van der Waals surface area contributed by atoms with E-state index in [1.165, 1.54) is 25.5 Å². The third-order valence-corrected chi connectivity index (χ3v) is 4.96. The van der Waals surface area contributed by atoms with E-state index in [1.54, 1.807) is 24.3 Å². The van der Waals surface area contributed by atoms with Crippen LogP contribution in [0, 0.1) is 0 Å². The van der Waals surface area contributed by atoms with E-state index in [0.717, 1.165) is 30.6 Å². The lowest BCUT2D eigenvalue weighted by Gasteiger charge is -2.25. The number of rotatable bonds is 8. The molecule has 0 aliphatic carbocycles. The van der Waals surface area contributed by atoms with E-state index in [4.69, 9.17) is 4.74 Å². The molecule has 0 amide bonds. The summed E-state index contributed by atoms with van der Waals surface area (Å²) >= 11 is 0. The Kier molecular flexibility index (Phi) is 7.24. The molecule has 1 aliphatic heterocycles. The first-order chi connectivity index (χ1) is 14.1. The standard InChI is InChI=1S/C21H28N4O4/c1-2-29-18-10-5-4-9-17(18)25-20(27)16(19(26)23-21(25)28)15-22-11-8-14-24-12-6-3-7-13-24/h4-5,9-10,15,27H,2-3,6-8,11-14H2,1H3,(H,23,26,28). The van der Waals surface area contributed by atoms with Gasteiger partial charge in [0.2, 0.25) is 5.88 Å². The van der Waals surface area contributed by atoms with E-state index >= 15 is 0 Å². The minimum atomic E-state index is -0.734. The zero-order valence-electron chi connectivity index (χ0n) is 16.8. The van der Waals surface area contributed by atoms with Crippen molar-refractivity contribution in [3.8, 4) is 17.3 Å². The van der Waals surface area contributed by atoms with Crippen LogP contribution in [-0.4, -0.2) is 58.6 Å². The van der Waals surface area contributed by atoms with Crippen molar-refractivity contribution < 1.29 is 9.84 Å². The Morgan fingerprint density at radius 2 is 1.97 bits per heavy atom. The normalized spacial score (nSPS) is 15.1. The highest BCUT2D eigenvalue weighted by Gasteiger charge is 2.17. The Labute approximate surface area is 169 Å². The average Bonchev–Trinajstić information content (AvgIpc) is 2.72. The maximum absolute atomic E-state index is 12.4. The van der Waals surface area contributed by atoms with E-state index in [1.807, 2.05) is 6.92 Å². The van der Waals surface area contributed by atoms with Crippen LogP contribution in [0.4, 0.5) is 0 Å². The molecule has 1 aromatic heterocycles. The van der Waals surface area contributed by atoms with E-state index in [2.05, 4.69) is 14.9 Å². The molecule has 2 heterocycles. The molecule has 3 rings (SSSR count). The smallest absolute Gasteiger partial charge is 0.335 e. The molecule has 1 aliphatic rings. The highest BCUT2D eigenvalue weighted by atomic mass is 16.5. The van der Waals surface area contributed by atoms with Gasteiger partial charge in [-0.2, -0.15) is 0 Å². The first-order valence-electron chi connectivity index (χ1n) is 10.1. The third-order valence-electron chi connectivity index (χ3n) is 4.96. The minimum Gasteiger partial charge on any atom is -0.493 e. The number of nitrogens with one attached hydrogen (secondary N) is 1. The number of aromatic amines is 1. The second-order valence-electron chi connectivity index (χ2n) is 7.02. The van der Waals surface area contributed by atoms with Crippen molar-refractivity contribution in [2.45, 2.75) is 32.6 Å². The number of hydrogen-bond acceptors (Lipinski definition) is 6. The summed E-state index contributed by atoms with van der Waals surface area (Å²) in [4.78, 5) is 33.5. The molecule has 0 saturated carbocycles. The number of benzene rings is 1. The molecule has 2 aromatic rings. The number of nitrogens with zero attached hydrogens (tertiary/aromatic N) is 3.